The molecular formula is C16H26N2O4. The van der Waals surface area contributed by atoms with Crippen molar-refractivity contribution < 1.29 is 19.5 Å². The van der Waals surface area contributed by atoms with Crippen molar-refractivity contribution in [3.63, 3.8) is 0 Å². The zero-order chi connectivity index (χ0) is 16.1. The van der Waals surface area contributed by atoms with Gasteiger partial charge in [0.1, 0.15) is 6.04 Å². The van der Waals surface area contributed by atoms with Crippen LogP contribution in [0.15, 0.2) is 0 Å². The van der Waals surface area contributed by atoms with Crippen LogP contribution < -0.4 is 5.32 Å². The number of amides is 2. The third-order valence-electron chi connectivity index (χ3n) is 4.49. The van der Waals surface area contributed by atoms with Crippen LogP contribution in [0.3, 0.4) is 0 Å². The normalized spacial score (nSPS) is 23.0. The van der Waals surface area contributed by atoms with Gasteiger partial charge in [-0.3, -0.25) is 9.59 Å². The number of hydrogen-bond donors (Lipinski definition) is 2. The van der Waals surface area contributed by atoms with Gasteiger partial charge in [-0.2, -0.15) is 0 Å². The minimum Gasteiger partial charge on any atom is -0.480 e. The summed E-state index contributed by atoms with van der Waals surface area (Å²) in [6.07, 6.45) is 5.58. The van der Waals surface area contributed by atoms with Crippen molar-refractivity contribution in [3.05, 3.63) is 0 Å². The SMILES string of the molecule is CCCC[C@H](NC(=O)C1CCCN(C(=O)C2CC2)C1)C(=O)O. The fraction of sp³-hybridized carbons (Fsp3) is 0.812. The van der Waals surface area contributed by atoms with Crippen LogP contribution in [0.5, 0.6) is 0 Å². The molecule has 2 rings (SSSR count). The highest BCUT2D eigenvalue weighted by atomic mass is 16.4. The summed E-state index contributed by atoms with van der Waals surface area (Å²) < 4.78 is 0. The Bertz CT molecular complexity index is 434. The predicted octanol–water partition coefficient (Wildman–Crippen LogP) is 1.39. The lowest BCUT2D eigenvalue weighted by atomic mass is 9.96. The summed E-state index contributed by atoms with van der Waals surface area (Å²) in [5, 5.41) is 11.8. The van der Waals surface area contributed by atoms with E-state index in [0.29, 0.717) is 13.0 Å². The molecule has 2 N–H and O–H groups in total. The molecule has 0 bridgehead atoms. The summed E-state index contributed by atoms with van der Waals surface area (Å²) in [7, 11) is 0. The summed E-state index contributed by atoms with van der Waals surface area (Å²) in [6.45, 7) is 3.14. The zero-order valence-corrected chi connectivity index (χ0v) is 13.2. The monoisotopic (exact) mass is 310 g/mol. The first kappa shape index (κ1) is 16.8. The Morgan fingerprint density at radius 1 is 1.23 bits per heavy atom. The summed E-state index contributed by atoms with van der Waals surface area (Å²) in [5.41, 5.74) is 0. The van der Waals surface area contributed by atoms with E-state index in [1.165, 1.54) is 0 Å². The molecule has 1 saturated carbocycles. The number of carboxylic acid groups (broad SMARTS) is 1. The van der Waals surface area contributed by atoms with E-state index < -0.39 is 12.0 Å². The van der Waals surface area contributed by atoms with Crippen LogP contribution in [-0.4, -0.2) is 46.9 Å². The molecule has 1 aliphatic carbocycles. The van der Waals surface area contributed by atoms with Crippen LogP contribution in [0.1, 0.15) is 51.9 Å². The van der Waals surface area contributed by atoms with Crippen molar-refractivity contribution in [1.29, 1.82) is 0 Å². The van der Waals surface area contributed by atoms with Gasteiger partial charge in [-0.25, -0.2) is 4.79 Å². The lowest BCUT2D eigenvalue weighted by molar-refractivity contribution is -0.144. The first-order valence-electron chi connectivity index (χ1n) is 8.35. The Morgan fingerprint density at radius 2 is 1.95 bits per heavy atom. The molecule has 1 aliphatic heterocycles. The van der Waals surface area contributed by atoms with Crippen molar-refractivity contribution in [2.24, 2.45) is 11.8 Å². The van der Waals surface area contributed by atoms with E-state index in [2.05, 4.69) is 5.32 Å². The number of hydrogen-bond acceptors (Lipinski definition) is 3. The van der Waals surface area contributed by atoms with Gasteiger partial charge in [0, 0.05) is 19.0 Å². The van der Waals surface area contributed by atoms with Gasteiger partial charge < -0.3 is 15.3 Å². The molecule has 2 amide bonds. The first-order chi connectivity index (χ1) is 10.5. The molecule has 0 aromatic heterocycles. The second-order valence-corrected chi connectivity index (χ2v) is 6.44. The molecular weight excluding hydrogens is 284 g/mol. The Morgan fingerprint density at radius 3 is 2.55 bits per heavy atom. The van der Waals surface area contributed by atoms with Gasteiger partial charge in [0.25, 0.3) is 0 Å². The molecule has 2 atom stereocenters. The predicted molar refractivity (Wildman–Crippen MR) is 81.1 cm³/mol. The summed E-state index contributed by atoms with van der Waals surface area (Å²) in [5.74, 6) is -1.16. The highest BCUT2D eigenvalue weighted by molar-refractivity contribution is 5.86. The molecule has 2 aliphatic rings. The quantitative estimate of drug-likeness (QED) is 0.744. The van der Waals surface area contributed by atoms with Gasteiger partial charge >= 0.3 is 5.97 Å². The lowest BCUT2D eigenvalue weighted by Crippen LogP contribution is -2.49. The van der Waals surface area contributed by atoms with Crippen molar-refractivity contribution in [2.45, 2.75) is 57.9 Å². The number of unbranched alkanes of at least 4 members (excludes halogenated alkanes) is 1. The number of likely N-dealkylation sites (tertiary alicyclic amines) is 1. The molecule has 1 heterocycles. The van der Waals surface area contributed by atoms with Crippen molar-refractivity contribution in [3.8, 4) is 0 Å². The second kappa shape index (κ2) is 7.61. The van der Waals surface area contributed by atoms with Crippen LogP contribution in [0.4, 0.5) is 0 Å². The maximum atomic E-state index is 12.3. The molecule has 6 nitrogen and oxygen atoms in total. The van der Waals surface area contributed by atoms with E-state index in [-0.39, 0.29) is 23.7 Å². The summed E-state index contributed by atoms with van der Waals surface area (Å²) >= 11 is 0. The smallest absolute Gasteiger partial charge is 0.326 e. The van der Waals surface area contributed by atoms with E-state index in [4.69, 9.17) is 0 Å². The van der Waals surface area contributed by atoms with E-state index in [1.54, 1.807) is 4.90 Å². The van der Waals surface area contributed by atoms with Crippen LogP contribution in [0.25, 0.3) is 0 Å². The molecule has 1 unspecified atom stereocenters. The first-order valence-corrected chi connectivity index (χ1v) is 8.35. The molecule has 0 radical (unpaired) electrons. The average molecular weight is 310 g/mol. The standard InChI is InChI=1S/C16H26N2O4/c1-2-3-6-13(16(21)22)17-14(19)12-5-4-9-18(10-12)15(20)11-7-8-11/h11-13H,2-10H2,1H3,(H,17,19)(H,21,22)/t12?,13-/m0/s1. The summed E-state index contributed by atoms with van der Waals surface area (Å²) in [4.78, 5) is 37.4. The third-order valence-corrected chi connectivity index (χ3v) is 4.49. The number of nitrogens with zero attached hydrogens (tertiary/aromatic N) is 1. The number of carboxylic acids is 1. The van der Waals surface area contributed by atoms with Crippen LogP contribution in [0, 0.1) is 11.8 Å². The van der Waals surface area contributed by atoms with E-state index in [1.807, 2.05) is 6.92 Å². The Kier molecular flexibility index (Phi) is 5.80. The molecule has 0 spiro atoms. The van der Waals surface area contributed by atoms with Crippen molar-refractivity contribution in [2.75, 3.05) is 13.1 Å². The minimum absolute atomic E-state index is 0.165. The van der Waals surface area contributed by atoms with Gasteiger partial charge in [-0.15, -0.1) is 0 Å². The molecule has 0 aromatic rings. The molecule has 0 aromatic carbocycles. The molecule has 1 saturated heterocycles. The van der Waals surface area contributed by atoms with Gasteiger partial charge in [0.05, 0.1) is 5.92 Å². The van der Waals surface area contributed by atoms with E-state index in [9.17, 15) is 19.5 Å². The van der Waals surface area contributed by atoms with Crippen LogP contribution in [-0.2, 0) is 14.4 Å². The highest BCUT2D eigenvalue weighted by Gasteiger charge is 2.37. The largest absolute Gasteiger partial charge is 0.480 e. The molecule has 2 fully saturated rings. The topological polar surface area (TPSA) is 86.7 Å². The molecule has 22 heavy (non-hydrogen) atoms. The minimum atomic E-state index is -0.983. The number of rotatable bonds is 7. The maximum Gasteiger partial charge on any atom is 0.326 e. The van der Waals surface area contributed by atoms with E-state index in [0.717, 1.165) is 45.1 Å². The van der Waals surface area contributed by atoms with Crippen molar-refractivity contribution in [1.82, 2.24) is 10.2 Å². The molecule has 124 valence electrons. The summed E-state index contributed by atoms with van der Waals surface area (Å²) in [6, 6.07) is -0.818. The number of carbonyl (C=O) groups is 3. The second-order valence-electron chi connectivity index (χ2n) is 6.44. The highest BCUT2D eigenvalue weighted by Crippen LogP contribution is 2.32. The van der Waals surface area contributed by atoms with E-state index >= 15 is 0 Å². The van der Waals surface area contributed by atoms with Crippen molar-refractivity contribution >= 4 is 17.8 Å². The van der Waals surface area contributed by atoms with Crippen LogP contribution in [0.2, 0.25) is 0 Å². The zero-order valence-electron chi connectivity index (χ0n) is 13.2. The fourth-order valence-corrected chi connectivity index (χ4v) is 2.94. The van der Waals surface area contributed by atoms with Gasteiger partial charge in [-0.1, -0.05) is 19.8 Å². The van der Waals surface area contributed by atoms with Gasteiger partial charge in [0.15, 0.2) is 0 Å². The molecule has 6 heteroatoms. The third kappa shape index (κ3) is 4.45. The Labute approximate surface area is 131 Å². The van der Waals surface area contributed by atoms with Gasteiger partial charge in [0.2, 0.25) is 11.8 Å². The Hall–Kier alpha value is -1.59. The maximum absolute atomic E-state index is 12.3. The number of nitrogens with one attached hydrogen (secondary N) is 1. The fourth-order valence-electron chi connectivity index (χ4n) is 2.94. The number of piperidine rings is 1. The number of aliphatic carboxylic acids is 1. The Balaban J connectivity index is 1.87. The lowest BCUT2D eigenvalue weighted by Gasteiger charge is -2.32. The van der Waals surface area contributed by atoms with Gasteiger partial charge in [-0.05, 0) is 32.1 Å². The van der Waals surface area contributed by atoms with Crippen LogP contribution >= 0.6 is 0 Å². The average Bonchev–Trinajstić information content (AvgIpc) is 3.35. The number of carbonyl (C=O) groups excluding carboxylic acids is 2.